The SMILES string of the molecule is Cl.NC(Cc1ccc(Cl)c(Cl)c1)C(=O)CCc1cc(C(F)(F)F)cc(C(F)(F)F)c1. The van der Waals surface area contributed by atoms with Gasteiger partial charge >= 0.3 is 12.4 Å². The molecular weight excluding hydrogens is 479 g/mol. The second-order valence-corrected chi connectivity index (χ2v) is 7.25. The van der Waals surface area contributed by atoms with Gasteiger partial charge in [-0.15, -0.1) is 12.4 Å². The second kappa shape index (κ2) is 10.2. The maximum absolute atomic E-state index is 12.9. The van der Waals surface area contributed by atoms with E-state index in [1.54, 1.807) is 6.07 Å². The molecule has 0 aliphatic heterocycles. The van der Waals surface area contributed by atoms with Crippen molar-refractivity contribution in [2.45, 2.75) is 37.7 Å². The Morgan fingerprint density at radius 3 is 1.87 bits per heavy atom. The molecule has 2 nitrogen and oxygen atoms in total. The van der Waals surface area contributed by atoms with Crippen molar-refractivity contribution in [3.05, 3.63) is 68.7 Å². The first-order chi connectivity index (χ1) is 13.3. The first kappa shape index (κ1) is 26.6. The molecule has 30 heavy (non-hydrogen) atoms. The third-order valence-corrected chi connectivity index (χ3v) is 4.90. The minimum absolute atomic E-state index is 0. The van der Waals surface area contributed by atoms with E-state index in [2.05, 4.69) is 0 Å². The Kier molecular flexibility index (Phi) is 9.05. The summed E-state index contributed by atoms with van der Waals surface area (Å²) in [5.41, 5.74) is 3.35. The van der Waals surface area contributed by atoms with Crippen LogP contribution in [-0.4, -0.2) is 11.8 Å². The third-order valence-electron chi connectivity index (χ3n) is 4.16. The molecule has 0 radical (unpaired) electrons. The summed E-state index contributed by atoms with van der Waals surface area (Å²) in [5, 5.41) is 0.591. The Labute approximate surface area is 184 Å². The summed E-state index contributed by atoms with van der Waals surface area (Å²) in [6.45, 7) is 0. The smallest absolute Gasteiger partial charge is 0.321 e. The van der Waals surface area contributed by atoms with Gasteiger partial charge in [0.25, 0.3) is 0 Å². The number of nitrogens with two attached hydrogens (primary N) is 1. The van der Waals surface area contributed by atoms with Gasteiger partial charge in [0.1, 0.15) is 5.78 Å². The molecule has 0 heterocycles. The van der Waals surface area contributed by atoms with E-state index in [1.807, 2.05) is 0 Å². The summed E-state index contributed by atoms with van der Waals surface area (Å²) in [6, 6.07) is 4.93. The molecular formula is C19H16Cl3F6NO. The van der Waals surface area contributed by atoms with Crippen LogP contribution in [0.2, 0.25) is 10.0 Å². The van der Waals surface area contributed by atoms with Crippen molar-refractivity contribution < 1.29 is 31.1 Å². The van der Waals surface area contributed by atoms with Crippen LogP contribution in [0.4, 0.5) is 26.3 Å². The van der Waals surface area contributed by atoms with E-state index in [0.29, 0.717) is 22.7 Å². The van der Waals surface area contributed by atoms with Crippen LogP contribution in [0.3, 0.4) is 0 Å². The van der Waals surface area contributed by atoms with E-state index >= 15 is 0 Å². The standard InChI is InChI=1S/C19H15Cl2F6NO.ClH/c20-14-3-1-11(7-15(14)21)8-16(28)17(29)4-2-10-5-12(18(22,23)24)9-13(6-10)19(25,26)27;/h1,3,5-7,9,16H,2,4,8,28H2;1H. The van der Waals surface area contributed by atoms with Gasteiger partial charge < -0.3 is 5.73 Å². The van der Waals surface area contributed by atoms with E-state index in [4.69, 9.17) is 28.9 Å². The van der Waals surface area contributed by atoms with Gasteiger partial charge in [-0.1, -0.05) is 29.3 Å². The fraction of sp³-hybridized carbons (Fsp3) is 0.316. The number of benzene rings is 2. The molecule has 1 unspecified atom stereocenters. The molecule has 2 rings (SSSR count). The van der Waals surface area contributed by atoms with Gasteiger partial charge in [-0.3, -0.25) is 4.79 Å². The molecule has 0 aromatic heterocycles. The molecule has 0 amide bonds. The Bertz CT molecular complexity index is 867. The van der Waals surface area contributed by atoms with Crippen LogP contribution < -0.4 is 5.73 Å². The van der Waals surface area contributed by atoms with Gasteiger partial charge in [-0.2, -0.15) is 26.3 Å². The van der Waals surface area contributed by atoms with Gasteiger partial charge in [-0.05, 0) is 54.3 Å². The number of carbonyl (C=O) groups excluding carboxylic acids is 1. The molecule has 1 atom stereocenters. The zero-order valence-corrected chi connectivity index (χ0v) is 17.4. The van der Waals surface area contributed by atoms with Crippen molar-refractivity contribution >= 4 is 41.4 Å². The highest BCUT2D eigenvalue weighted by atomic mass is 35.5. The first-order valence-electron chi connectivity index (χ1n) is 8.28. The van der Waals surface area contributed by atoms with E-state index in [1.165, 1.54) is 12.1 Å². The molecule has 11 heteroatoms. The van der Waals surface area contributed by atoms with Gasteiger partial charge in [0.2, 0.25) is 0 Å². The molecule has 0 fully saturated rings. The Balaban J connectivity index is 0.00000450. The number of halogens is 9. The summed E-state index contributed by atoms with van der Waals surface area (Å²) in [6.07, 6.45) is -10.4. The number of hydrogen-bond acceptors (Lipinski definition) is 2. The molecule has 2 aromatic rings. The van der Waals surface area contributed by atoms with Crippen molar-refractivity contribution in [1.29, 1.82) is 0 Å². The fourth-order valence-electron chi connectivity index (χ4n) is 2.65. The maximum atomic E-state index is 12.9. The van der Waals surface area contributed by atoms with Crippen LogP contribution in [0.25, 0.3) is 0 Å². The lowest BCUT2D eigenvalue weighted by atomic mass is 9.96. The summed E-state index contributed by atoms with van der Waals surface area (Å²) in [7, 11) is 0. The highest BCUT2D eigenvalue weighted by Crippen LogP contribution is 2.36. The number of Topliss-reactive ketones (excluding diaryl/α,β-unsaturated/α-hetero) is 1. The lowest BCUT2D eigenvalue weighted by molar-refractivity contribution is -0.143. The number of alkyl halides is 6. The molecule has 0 saturated heterocycles. The monoisotopic (exact) mass is 493 g/mol. The average molecular weight is 495 g/mol. The zero-order valence-electron chi connectivity index (χ0n) is 15.1. The number of ketones is 1. The molecule has 2 N–H and O–H groups in total. The number of aryl methyl sites for hydroxylation is 1. The Hall–Kier alpha value is -1.48. The van der Waals surface area contributed by atoms with Gasteiger partial charge in [0, 0.05) is 6.42 Å². The van der Waals surface area contributed by atoms with E-state index in [9.17, 15) is 31.1 Å². The molecule has 0 bridgehead atoms. The Morgan fingerprint density at radius 2 is 1.40 bits per heavy atom. The predicted molar refractivity (Wildman–Crippen MR) is 105 cm³/mol. The van der Waals surface area contributed by atoms with Crippen molar-refractivity contribution in [1.82, 2.24) is 0 Å². The van der Waals surface area contributed by atoms with Crippen molar-refractivity contribution in [2.75, 3.05) is 0 Å². The highest BCUT2D eigenvalue weighted by molar-refractivity contribution is 6.42. The molecule has 0 saturated carbocycles. The minimum atomic E-state index is -4.94. The molecule has 0 aliphatic carbocycles. The topological polar surface area (TPSA) is 43.1 Å². The van der Waals surface area contributed by atoms with Crippen LogP contribution >= 0.6 is 35.6 Å². The van der Waals surface area contributed by atoms with Crippen LogP contribution in [0.5, 0.6) is 0 Å². The zero-order chi connectivity index (χ0) is 22.0. The normalized spacial score (nSPS) is 13.0. The Morgan fingerprint density at radius 1 is 0.867 bits per heavy atom. The predicted octanol–water partition coefficient (Wildman–Crippen LogP) is 6.52. The summed E-state index contributed by atoms with van der Waals surface area (Å²) >= 11 is 11.7. The molecule has 0 spiro atoms. The van der Waals surface area contributed by atoms with Crippen molar-refractivity contribution in [3.63, 3.8) is 0 Å². The number of rotatable bonds is 6. The van der Waals surface area contributed by atoms with Crippen molar-refractivity contribution in [2.24, 2.45) is 5.73 Å². The lowest BCUT2D eigenvalue weighted by Gasteiger charge is -2.15. The maximum Gasteiger partial charge on any atom is 0.416 e. The second-order valence-electron chi connectivity index (χ2n) is 6.44. The molecule has 0 aliphatic rings. The van der Waals surface area contributed by atoms with Crippen LogP contribution in [0.15, 0.2) is 36.4 Å². The highest BCUT2D eigenvalue weighted by Gasteiger charge is 2.36. The summed E-state index contributed by atoms with van der Waals surface area (Å²) in [5.74, 6) is -0.498. The van der Waals surface area contributed by atoms with E-state index in [0.717, 1.165) is 0 Å². The number of carbonyl (C=O) groups is 1. The summed E-state index contributed by atoms with van der Waals surface area (Å²) < 4.78 is 77.4. The quantitative estimate of drug-likeness (QED) is 0.464. The van der Waals surface area contributed by atoms with Gasteiger partial charge in [-0.25, -0.2) is 0 Å². The van der Waals surface area contributed by atoms with E-state index < -0.39 is 35.3 Å². The minimum Gasteiger partial charge on any atom is -0.321 e. The number of hydrogen-bond donors (Lipinski definition) is 1. The largest absolute Gasteiger partial charge is 0.416 e. The average Bonchev–Trinajstić information content (AvgIpc) is 2.61. The van der Waals surface area contributed by atoms with Crippen LogP contribution in [0.1, 0.15) is 28.7 Å². The molecule has 166 valence electrons. The molecule has 2 aromatic carbocycles. The fourth-order valence-corrected chi connectivity index (χ4v) is 2.97. The lowest BCUT2D eigenvalue weighted by Crippen LogP contribution is -2.33. The van der Waals surface area contributed by atoms with Crippen molar-refractivity contribution in [3.8, 4) is 0 Å². The van der Waals surface area contributed by atoms with Crippen LogP contribution in [-0.2, 0) is 30.0 Å². The third kappa shape index (κ3) is 7.34. The summed E-state index contributed by atoms with van der Waals surface area (Å²) in [4.78, 5) is 12.2. The van der Waals surface area contributed by atoms with Crippen LogP contribution in [0, 0.1) is 0 Å². The van der Waals surface area contributed by atoms with E-state index in [-0.39, 0.29) is 48.3 Å². The van der Waals surface area contributed by atoms with Gasteiger partial charge in [0.15, 0.2) is 0 Å². The first-order valence-corrected chi connectivity index (χ1v) is 9.03. The van der Waals surface area contributed by atoms with Gasteiger partial charge in [0.05, 0.1) is 27.2 Å².